The molecule has 0 saturated heterocycles. The fourth-order valence-corrected chi connectivity index (χ4v) is 7.47. The summed E-state index contributed by atoms with van der Waals surface area (Å²) in [7, 11) is 0. The van der Waals surface area contributed by atoms with Gasteiger partial charge < -0.3 is 14.2 Å². The number of ether oxygens (including phenoxy) is 3. The molecule has 64 heavy (non-hydrogen) atoms. The molecule has 368 valence electrons. The molecule has 0 aliphatic rings. The summed E-state index contributed by atoms with van der Waals surface area (Å²) in [6.07, 6.45) is 71.8. The number of hydrogen-bond acceptors (Lipinski definition) is 5. The van der Waals surface area contributed by atoms with Gasteiger partial charge in [0.2, 0.25) is 0 Å². The highest BCUT2D eigenvalue weighted by atomic mass is 16.6. The Kier molecular flexibility index (Phi) is 51.9. The lowest BCUT2D eigenvalue weighted by atomic mass is 10.0. The van der Waals surface area contributed by atoms with Gasteiger partial charge in [0.05, 0.1) is 6.61 Å². The van der Waals surface area contributed by atoms with Crippen LogP contribution < -0.4 is 0 Å². The Balaban J connectivity index is 4.31. The molecule has 0 rings (SSSR count). The van der Waals surface area contributed by atoms with E-state index >= 15 is 0 Å². The lowest BCUT2D eigenvalue weighted by Crippen LogP contribution is -2.30. The minimum atomic E-state index is -0.576. The van der Waals surface area contributed by atoms with Crippen molar-refractivity contribution < 1.29 is 23.8 Å². The van der Waals surface area contributed by atoms with Crippen molar-refractivity contribution in [3.63, 3.8) is 0 Å². The van der Waals surface area contributed by atoms with E-state index < -0.39 is 6.10 Å². The Morgan fingerprint density at radius 3 is 1.12 bits per heavy atom. The summed E-state index contributed by atoms with van der Waals surface area (Å²) in [4.78, 5) is 25.4. The molecule has 1 atom stereocenters. The molecule has 5 heteroatoms. The number of esters is 2. The molecule has 1 unspecified atom stereocenters. The SMILES string of the molecule is CC/C=C\C/C=C\C/C=C\C/C=C\CCCOCC(COC(=O)CCCCCCCCCCCCCCCCCCCCC)OC(=O)CCCCCCC/C=C\C/C=C\C/C=C\CC. The van der Waals surface area contributed by atoms with E-state index in [-0.39, 0.29) is 25.2 Å². The highest BCUT2D eigenvalue weighted by Crippen LogP contribution is 2.16. The van der Waals surface area contributed by atoms with Crippen LogP contribution >= 0.6 is 0 Å². The van der Waals surface area contributed by atoms with Crippen molar-refractivity contribution in [1.82, 2.24) is 0 Å². The van der Waals surface area contributed by atoms with E-state index in [9.17, 15) is 9.59 Å². The summed E-state index contributed by atoms with van der Waals surface area (Å²) in [6, 6.07) is 0. The second-order valence-electron chi connectivity index (χ2n) is 17.7. The smallest absolute Gasteiger partial charge is 0.306 e. The Bertz CT molecular complexity index is 1190. The van der Waals surface area contributed by atoms with Crippen LogP contribution in [0, 0.1) is 0 Å². The summed E-state index contributed by atoms with van der Waals surface area (Å²) in [5.74, 6) is -0.442. The van der Waals surface area contributed by atoms with Gasteiger partial charge in [0, 0.05) is 19.4 Å². The van der Waals surface area contributed by atoms with Crippen LogP contribution in [0.3, 0.4) is 0 Å². The predicted octanol–water partition coefficient (Wildman–Crippen LogP) is 18.5. The minimum absolute atomic E-state index is 0.0553. The molecular formula is C59H102O5. The predicted molar refractivity (Wildman–Crippen MR) is 279 cm³/mol. The molecule has 0 radical (unpaired) electrons. The monoisotopic (exact) mass is 891 g/mol. The maximum Gasteiger partial charge on any atom is 0.306 e. The van der Waals surface area contributed by atoms with Crippen LogP contribution in [-0.4, -0.2) is 37.9 Å². The number of carbonyl (C=O) groups is 2. The summed E-state index contributed by atoms with van der Waals surface area (Å²) in [5.41, 5.74) is 0. The lowest BCUT2D eigenvalue weighted by molar-refractivity contribution is -0.163. The quantitative estimate of drug-likeness (QED) is 0.0346. The molecule has 0 spiro atoms. The Hall–Kier alpha value is -2.92. The van der Waals surface area contributed by atoms with Gasteiger partial charge in [-0.15, -0.1) is 0 Å². The van der Waals surface area contributed by atoms with E-state index in [1.807, 2.05) is 0 Å². The second kappa shape index (κ2) is 54.4. The van der Waals surface area contributed by atoms with Crippen molar-refractivity contribution in [2.75, 3.05) is 19.8 Å². The van der Waals surface area contributed by atoms with E-state index in [0.29, 0.717) is 19.4 Å². The van der Waals surface area contributed by atoms with E-state index in [2.05, 4.69) is 106 Å². The Morgan fingerprint density at radius 2 is 0.703 bits per heavy atom. The first-order valence-electron chi connectivity index (χ1n) is 27.1. The third kappa shape index (κ3) is 51.7. The highest BCUT2D eigenvalue weighted by molar-refractivity contribution is 5.70. The highest BCUT2D eigenvalue weighted by Gasteiger charge is 2.17. The Morgan fingerprint density at radius 1 is 0.359 bits per heavy atom. The van der Waals surface area contributed by atoms with Gasteiger partial charge in [-0.25, -0.2) is 0 Å². The van der Waals surface area contributed by atoms with E-state index in [4.69, 9.17) is 14.2 Å². The molecule has 0 fully saturated rings. The van der Waals surface area contributed by atoms with Crippen LogP contribution in [0.1, 0.15) is 252 Å². The first-order valence-corrected chi connectivity index (χ1v) is 27.1. The first-order chi connectivity index (χ1) is 31.6. The topological polar surface area (TPSA) is 61.8 Å². The van der Waals surface area contributed by atoms with E-state index in [1.165, 1.54) is 122 Å². The molecule has 0 heterocycles. The molecule has 0 saturated carbocycles. The van der Waals surface area contributed by atoms with Crippen LogP contribution in [0.2, 0.25) is 0 Å². The molecule has 0 N–H and O–H groups in total. The molecule has 0 aromatic rings. The normalized spacial score (nSPS) is 12.9. The van der Waals surface area contributed by atoms with Crippen molar-refractivity contribution in [3.8, 4) is 0 Å². The van der Waals surface area contributed by atoms with Gasteiger partial charge in [0.1, 0.15) is 6.61 Å². The number of carbonyl (C=O) groups excluding carboxylic acids is 2. The molecule has 0 aliphatic carbocycles. The van der Waals surface area contributed by atoms with Crippen molar-refractivity contribution in [2.45, 2.75) is 258 Å². The molecule has 0 aromatic carbocycles. The number of rotatable bonds is 49. The molecule has 0 aliphatic heterocycles. The maximum atomic E-state index is 12.8. The van der Waals surface area contributed by atoms with Crippen molar-refractivity contribution >= 4 is 11.9 Å². The standard InChI is InChI=1S/C59H102O5/c1-4-7-10-13-16-19-22-25-28-29-30-31-33-34-37-40-43-46-49-52-58(60)63-56-57(55-62-54-51-48-45-42-39-36-27-24-21-18-15-12-9-6-3)64-59(61)53-50-47-44-41-38-35-32-26-23-20-17-14-11-8-5-2/h8-9,11-12,17-18,20-21,26-27,32,36,42,45,57H,4-7,10,13-16,19,22-25,28-31,33-35,37-41,43-44,46-56H2,1-3H3/b11-8-,12-9-,20-17-,21-18-,32-26-,36-27-,45-42-. The average Bonchev–Trinajstić information content (AvgIpc) is 3.30. The first kappa shape index (κ1) is 61.1. The summed E-state index contributed by atoms with van der Waals surface area (Å²) < 4.78 is 17.3. The fraction of sp³-hybridized carbons (Fsp3) is 0.729. The van der Waals surface area contributed by atoms with Gasteiger partial charge in [0.25, 0.3) is 0 Å². The third-order valence-electron chi connectivity index (χ3n) is 11.4. The van der Waals surface area contributed by atoms with Gasteiger partial charge in [0.15, 0.2) is 6.10 Å². The summed E-state index contributed by atoms with van der Waals surface area (Å²) >= 11 is 0. The average molecular weight is 891 g/mol. The summed E-state index contributed by atoms with van der Waals surface area (Å²) in [5, 5.41) is 0. The fourth-order valence-electron chi connectivity index (χ4n) is 7.47. The van der Waals surface area contributed by atoms with Crippen molar-refractivity contribution in [3.05, 3.63) is 85.1 Å². The maximum absolute atomic E-state index is 12.8. The lowest BCUT2D eigenvalue weighted by Gasteiger charge is -2.18. The third-order valence-corrected chi connectivity index (χ3v) is 11.4. The summed E-state index contributed by atoms with van der Waals surface area (Å²) in [6.45, 7) is 7.47. The molecular weight excluding hydrogens is 789 g/mol. The minimum Gasteiger partial charge on any atom is -0.462 e. The van der Waals surface area contributed by atoms with Gasteiger partial charge in [-0.2, -0.15) is 0 Å². The van der Waals surface area contributed by atoms with Gasteiger partial charge in [-0.3, -0.25) is 9.59 Å². The molecule has 0 bridgehead atoms. The second-order valence-corrected chi connectivity index (χ2v) is 17.7. The number of hydrogen-bond donors (Lipinski definition) is 0. The van der Waals surface area contributed by atoms with Gasteiger partial charge in [-0.1, -0.05) is 241 Å². The number of allylic oxidation sites excluding steroid dienone is 14. The van der Waals surface area contributed by atoms with Gasteiger partial charge >= 0.3 is 11.9 Å². The molecule has 0 amide bonds. The van der Waals surface area contributed by atoms with Crippen LogP contribution in [0.5, 0.6) is 0 Å². The van der Waals surface area contributed by atoms with E-state index in [0.717, 1.165) is 96.3 Å². The van der Waals surface area contributed by atoms with Crippen LogP contribution in [0.4, 0.5) is 0 Å². The van der Waals surface area contributed by atoms with E-state index in [1.54, 1.807) is 0 Å². The zero-order chi connectivity index (χ0) is 46.3. The number of unbranched alkanes of at least 4 members (excludes halogenated alkanes) is 24. The zero-order valence-corrected chi connectivity index (χ0v) is 42.3. The van der Waals surface area contributed by atoms with Crippen LogP contribution in [0.25, 0.3) is 0 Å². The van der Waals surface area contributed by atoms with Crippen molar-refractivity contribution in [2.24, 2.45) is 0 Å². The zero-order valence-electron chi connectivity index (χ0n) is 42.3. The van der Waals surface area contributed by atoms with Crippen LogP contribution in [-0.2, 0) is 23.8 Å². The van der Waals surface area contributed by atoms with Gasteiger partial charge in [-0.05, 0) is 83.5 Å². The Labute approximate surface area is 397 Å². The molecule has 5 nitrogen and oxygen atoms in total. The van der Waals surface area contributed by atoms with Crippen LogP contribution in [0.15, 0.2) is 85.1 Å². The van der Waals surface area contributed by atoms with Crippen molar-refractivity contribution in [1.29, 1.82) is 0 Å². The molecule has 0 aromatic heterocycles. The largest absolute Gasteiger partial charge is 0.462 e.